The van der Waals surface area contributed by atoms with E-state index in [1.54, 1.807) is 13.3 Å². The van der Waals surface area contributed by atoms with Crippen LogP contribution in [0.5, 0.6) is 0 Å². The van der Waals surface area contributed by atoms with Crippen LogP contribution in [0.2, 0.25) is 0 Å². The number of methoxy groups -OCH3 is 1. The molecule has 0 amide bonds. The van der Waals surface area contributed by atoms with E-state index < -0.39 is 0 Å². The van der Waals surface area contributed by atoms with Crippen molar-refractivity contribution in [2.75, 3.05) is 7.11 Å². The van der Waals surface area contributed by atoms with Gasteiger partial charge in [0.05, 0.1) is 18.3 Å². The van der Waals surface area contributed by atoms with E-state index in [1.165, 1.54) is 0 Å². The molecule has 0 aliphatic rings. The maximum atomic E-state index is 5.39. The first-order valence-corrected chi connectivity index (χ1v) is 5.63. The molecule has 1 heterocycles. The van der Waals surface area contributed by atoms with Gasteiger partial charge in [0.25, 0.3) is 0 Å². The van der Waals surface area contributed by atoms with Crippen LogP contribution < -0.4 is 5.32 Å². The number of nitrogens with zero attached hydrogens (tertiary/aromatic N) is 1. The van der Waals surface area contributed by atoms with E-state index in [-0.39, 0.29) is 5.60 Å². The van der Waals surface area contributed by atoms with Gasteiger partial charge in [-0.25, -0.2) is 4.98 Å². The Bertz CT molecular complexity index is 321. The average Bonchev–Trinajstić information content (AvgIpc) is 2.61. The molecule has 1 unspecified atom stereocenters. The maximum Gasteiger partial charge on any atom is 0.208 e. The fourth-order valence-corrected chi connectivity index (χ4v) is 1.64. The third-order valence-corrected chi connectivity index (χ3v) is 2.62. The molecule has 0 fully saturated rings. The number of ether oxygens (including phenoxy) is 1. The first-order chi connectivity index (χ1) is 7.43. The molecule has 92 valence electrons. The van der Waals surface area contributed by atoms with Crippen molar-refractivity contribution >= 4 is 0 Å². The van der Waals surface area contributed by atoms with Crippen molar-refractivity contribution < 1.29 is 9.15 Å². The molecule has 1 rings (SSSR count). The van der Waals surface area contributed by atoms with Gasteiger partial charge in [0.15, 0.2) is 0 Å². The molecular formula is C12H22N2O2. The van der Waals surface area contributed by atoms with Gasteiger partial charge in [-0.3, -0.25) is 0 Å². The molecule has 0 aromatic carbocycles. The highest BCUT2D eigenvalue weighted by Crippen LogP contribution is 2.15. The summed E-state index contributed by atoms with van der Waals surface area (Å²) in [6, 6.07) is 0.363. The van der Waals surface area contributed by atoms with Crippen LogP contribution in [0.25, 0.3) is 0 Å². The number of hydrogen-bond donors (Lipinski definition) is 1. The monoisotopic (exact) mass is 226 g/mol. The van der Waals surface area contributed by atoms with Crippen LogP contribution in [0, 0.1) is 6.92 Å². The molecule has 1 aromatic rings. The molecule has 1 atom stereocenters. The quantitative estimate of drug-likeness (QED) is 0.808. The number of rotatable bonds is 6. The molecule has 4 nitrogen and oxygen atoms in total. The summed E-state index contributed by atoms with van der Waals surface area (Å²) in [5.74, 6) is 1.58. The van der Waals surface area contributed by atoms with E-state index in [4.69, 9.17) is 9.15 Å². The summed E-state index contributed by atoms with van der Waals surface area (Å²) in [6.07, 6.45) is 2.68. The lowest BCUT2D eigenvalue weighted by Gasteiger charge is -2.26. The summed E-state index contributed by atoms with van der Waals surface area (Å²) in [4.78, 5) is 4.14. The van der Waals surface area contributed by atoms with Crippen LogP contribution in [0.15, 0.2) is 10.6 Å². The minimum atomic E-state index is -0.0983. The van der Waals surface area contributed by atoms with E-state index in [0.29, 0.717) is 12.6 Å². The smallest absolute Gasteiger partial charge is 0.208 e. The third kappa shape index (κ3) is 4.33. The minimum Gasteiger partial charge on any atom is -0.445 e. The molecule has 1 N–H and O–H groups in total. The average molecular weight is 226 g/mol. The van der Waals surface area contributed by atoms with Gasteiger partial charge in [-0.1, -0.05) is 0 Å². The van der Waals surface area contributed by atoms with Gasteiger partial charge in [-0.05, 0) is 34.1 Å². The lowest BCUT2D eigenvalue weighted by atomic mass is 10.00. The van der Waals surface area contributed by atoms with Gasteiger partial charge in [-0.15, -0.1) is 0 Å². The summed E-state index contributed by atoms with van der Waals surface area (Å²) >= 11 is 0. The van der Waals surface area contributed by atoms with Crippen molar-refractivity contribution in [3.8, 4) is 0 Å². The van der Waals surface area contributed by atoms with E-state index in [1.807, 2.05) is 6.92 Å². The molecule has 0 aliphatic carbocycles. The Hall–Kier alpha value is -0.870. The van der Waals surface area contributed by atoms with Crippen molar-refractivity contribution in [2.45, 2.75) is 52.3 Å². The molecular weight excluding hydrogens is 204 g/mol. The van der Waals surface area contributed by atoms with Crippen LogP contribution in [0.3, 0.4) is 0 Å². The second-order valence-electron chi connectivity index (χ2n) is 4.81. The molecule has 0 saturated carbocycles. The highest BCUT2D eigenvalue weighted by atomic mass is 16.5. The van der Waals surface area contributed by atoms with E-state index in [2.05, 4.69) is 31.1 Å². The van der Waals surface area contributed by atoms with Crippen molar-refractivity contribution in [2.24, 2.45) is 0 Å². The molecule has 0 aliphatic heterocycles. The van der Waals surface area contributed by atoms with Crippen LogP contribution in [-0.2, 0) is 11.3 Å². The third-order valence-electron chi connectivity index (χ3n) is 2.62. The minimum absolute atomic E-state index is 0.0983. The Balaban J connectivity index is 2.33. The van der Waals surface area contributed by atoms with Crippen molar-refractivity contribution in [3.63, 3.8) is 0 Å². The zero-order valence-corrected chi connectivity index (χ0v) is 10.8. The highest BCUT2D eigenvalue weighted by molar-refractivity contribution is 4.90. The Kier molecular flexibility index (Phi) is 4.50. The predicted molar refractivity (Wildman–Crippen MR) is 63.2 cm³/mol. The van der Waals surface area contributed by atoms with Crippen LogP contribution >= 0.6 is 0 Å². The first kappa shape index (κ1) is 13.2. The largest absolute Gasteiger partial charge is 0.445 e. The number of hydrogen-bond acceptors (Lipinski definition) is 4. The van der Waals surface area contributed by atoms with Crippen molar-refractivity contribution in [1.29, 1.82) is 0 Å². The molecule has 0 bridgehead atoms. The predicted octanol–water partition coefficient (Wildman–Crippen LogP) is 2.28. The second-order valence-corrected chi connectivity index (χ2v) is 4.81. The van der Waals surface area contributed by atoms with Gasteiger partial charge < -0.3 is 14.5 Å². The van der Waals surface area contributed by atoms with E-state index in [0.717, 1.165) is 18.1 Å². The Morgan fingerprint density at radius 1 is 1.56 bits per heavy atom. The lowest BCUT2D eigenvalue weighted by molar-refractivity contribution is 0.00827. The molecule has 0 radical (unpaired) electrons. The standard InChI is InChI=1S/C12H22N2O2/c1-9(6-12(3,4)15-5)13-8-11-14-7-10(2)16-11/h7,9,13H,6,8H2,1-5H3. The maximum absolute atomic E-state index is 5.39. The second kappa shape index (κ2) is 5.46. The fraction of sp³-hybridized carbons (Fsp3) is 0.750. The van der Waals surface area contributed by atoms with Gasteiger partial charge >= 0.3 is 0 Å². The topological polar surface area (TPSA) is 47.3 Å². The summed E-state index contributed by atoms with van der Waals surface area (Å²) in [5, 5.41) is 3.37. The SMILES string of the molecule is COC(C)(C)CC(C)NCc1ncc(C)o1. The van der Waals surface area contributed by atoms with E-state index >= 15 is 0 Å². The van der Waals surface area contributed by atoms with Crippen LogP contribution in [0.1, 0.15) is 38.8 Å². The zero-order chi connectivity index (χ0) is 12.2. The van der Waals surface area contributed by atoms with Gasteiger partial charge in [0.2, 0.25) is 5.89 Å². The summed E-state index contributed by atoms with van der Waals surface area (Å²) in [5.41, 5.74) is -0.0983. The first-order valence-electron chi connectivity index (χ1n) is 5.63. The molecule has 4 heteroatoms. The molecule has 1 aromatic heterocycles. The summed E-state index contributed by atoms with van der Waals surface area (Å²) in [6.45, 7) is 8.86. The van der Waals surface area contributed by atoms with Crippen LogP contribution in [0.4, 0.5) is 0 Å². The molecule has 16 heavy (non-hydrogen) atoms. The van der Waals surface area contributed by atoms with Gasteiger partial charge in [0.1, 0.15) is 5.76 Å². The Morgan fingerprint density at radius 3 is 2.75 bits per heavy atom. The number of nitrogens with one attached hydrogen (secondary N) is 1. The summed E-state index contributed by atoms with van der Waals surface area (Å²) in [7, 11) is 1.74. The van der Waals surface area contributed by atoms with Crippen molar-refractivity contribution in [1.82, 2.24) is 10.3 Å². The lowest BCUT2D eigenvalue weighted by Crippen LogP contribution is -2.35. The normalized spacial score (nSPS) is 14.1. The summed E-state index contributed by atoms with van der Waals surface area (Å²) < 4.78 is 10.8. The zero-order valence-electron chi connectivity index (χ0n) is 10.8. The van der Waals surface area contributed by atoms with E-state index in [9.17, 15) is 0 Å². The van der Waals surface area contributed by atoms with Crippen LogP contribution in [-0.4, -0.2) is 23.7 Å². The molecule has 0 spiro atoms. The van der Waals surface area contributed by atoms with Gasteiger partial charge in [0, 0.05) is 13.2 Å². The Labute approximate surface area is 97.4 Å². The Morgan fingerprint density at radius 2 is 2.25 bits per heavy atom. The number of aryl methyl sites for hydroxylation is 1. The van der Waals surface area contributed by atoms with Crippen molar-refractivity contribution in [3.05, 3.63) is 17.8 Å². The molecule has 0 saturated heterocycles. The highest BCUT2D eigenvalue weighted by Gasteiger charge is 2.20. The fourth-order valence-electron chi connectivity index (χ4n) is 1.64. The number of aromatic nitrogens is 1. The number of oxazole rings is 1. The van der Waals surface area contributed by atoms with Gasteiger partial charge in [-0.2, -0.15) is 0 Å².